The first-order valence-corrected chi connectivity index (χ1v) is 6.79. The van der Waals surface area contributed by atoms with Crippen LogP contribution in [-0.2, 0) is 4.79 Å². The first-order chi connectivity index (χ1) is 8.65. The molecule has 3 rings (SSSR count). The van der Waals surface area contributed by atoms with Gasteiger partial charge in [-0.05, 0) is 25.5 Å². The molecule has 3 aliphatic rings. The van der Waals surface area contributed by atoms with Crippen molar-refractivity contribution in [2.45, 2.75) is 31.4 Å². The lowest BCUT2D eigenvalue weighted by atomic mass is 10.1. The van der Waals surface area contributed by atoms with E-state index >= 15 is 0 Å². The lowest BCUT2D eigenvalue weighted by molar-refractivity contribution is -0.134. The number of amides is 1. The highest BCUT2D eigenvalue weighted by Crippen LogP contribution is 2.33. The summed E-state index contributed by atoms with van der Waals surface area (Å²) in [5, 5.41) is 13.1. The fourth-order valence-corrected chi connectivity index (χ4v) is 3.12. The molecule has 0 spiro atoms. The van der Waals surface area contributed by atoms with Crippen LogP contribution in [0.5, 0.6) is 0 Å². The van der Waals surface area contributed by atoms with Gasteiger partial charge >= 0.3 is 0 Å². The van der Waals surface area contributed by atoms with E-state index in [1.54, 1.807) is 0 Å². The van der Waals surface area contributed by atoms with Crippen molar-refractivity contribution in [3.63, 3.8) is 0 Å². The molecule has 1 aliphatic carbocycles. The highest BCUT2D eigenvalue weighted by atomic mass is 16.3. The van der Waals surface area contributed by atoms with Crippen molar-refractivity contribution in [3.8, 4) is 0 Å². The summed E-state index contributed by atoms with van der Waals surface area (Å²) in [4.78, 5) is 16.6. The molecule has 5 heteroatoms. The number of carbonyl (C=O) groups is 1. The van der Waals surface area contributed by atoms with Crippen LogP contribution in [0.25, 0.3) is 0 Å². The Hall–Kier alpha value is -1.07. The van der Waals surface area contributed by atoms with Crippen LogP contribution in [0.4, 0.5) is 0 Å². The predicted octanol–water partition coefficient (Wildman–Crippen LogP) is -0.469. The maximum Gasteiger partial charge on any atom is 0.245 e. The van der Waals surface area contributed by atoms with Gasteiger partial charge in [0, 0.05) is 38.3 Å². The third-order valence-electron chi connectivity index (χ3n) is 4.34. The van der Waals surface area contributed by atoms with Gasteiger partial charge in [-0.2, -0.15) is 0 Å². The number of allylic oxidation sites excluding steroid dienone is 1. The van der Waals surface area contributed by atoms with Crippen LogP contribution in [0.2, 0.25) is 0 Å². The normalized spacial score (nSPS) is 32.7. The summed E-state index contributed by atoms with van der Waals surface area (Å²) in [6, 6.07) is -0.131. The van der Waals surface area contributed by atoms with Crippen molar-refractivity contribution in [2.24, 2.45) is 0 Å². The Morgan fingerprint density at radius 3 is 2.72 bits per heavy atom. The second-order valence-corrected chi connectivity index (χ2v) is 5.59. The Labute approximate surface area is 107 Å². The molecule has 0 bridgehead atoms. The van der Waals surface area contributed by atoms with Gasteiger partial charge in [0.15, 0.2) is 0 Å². The molecule has 1 amide bonds. The maximum absolute atomic E-state index is 12.4. The summed E-state index contributed by atoms with van der Waals surface area (Å²) in [7, 11) is 2.09. The Morgan fingerprint density at radius 1 is 1.33 bits per heavy atom. The Kier molecular flexibility index (Phi) is 3.03. The zero-order chi connectivity index (χ0) is 12.7. The smallest absolute Gasteiger partial charge is 0.245 e. The molecule has 0 saturated carbocycles. The van der Waals surface area contributed by atoms with Gasteiger partial charge in [0.25, 0.3) is 0 Å². The minimum atomic E-state index is -0.321. The van der Waals surface area contributed by atoms with Crippen molar-refractivity contribution in [1.82, 2.24) is 15.1 Å². The van der Waals surface area contributed by atoms with Gasteiger partial charge in [0.05, 0.1) is 6.10 Å². The second-order valence-electron chi connectivity index (χ2n) is 5.59. The van der Waals surface area contributed by atoms with E-state index in [4.69, 9.17) is 0 Å². The molecule has 5 nitrogen and oxygen atoms in total. The molecule has 0 aromatic heterocycles. The monoisotopic (exact) mass is 251 g/mol. The molecule has 1 saturated heterocycles. The molecule has 2 atom stereocenters. The first-order valence-electron chi connectivity index (χ1n) is 6.79. The SMILES string of the molecule is CN1CCN(C(=O)C2CC3=C(CCC3O)N2)CC1. The van der Waals surface area contributed by atoms with Crippen LogP contribution in [0.3, 0.4) is 0 Å². The van der Waals surface area contributed by atoms with E-state index in [2.05, 4.69) is 17.3 Å². The molecular weight excluding hydrogens is 230 g/mol. The average Bonchev–Trinajstić information content (AvgIpc) is 2.92. The van der Waals surface area contributed by atoms with Gasteiger partial charge in [-0.3, -0.25) is 4.79 Å². The van der Waals surface area contributed by atoms with Gasteiger partial charge in [-0.1, -0.05) is 0 Å². The highest BCUT2D eigenvalue weighted by molar-refractivity contribution is 5.83. The van der Waals surface area contributed by atoms with E-state index in [1.807, 2.05) is 4.90 Å². The van der Waals surface area contributed by atoms with Crippen molar-refractivity contribution in [2.75, 3.05) is 33.2 Å². The number of hydrogen-bond donors (Lipinski definition) is 2. The van der Waals surface area contributed by atoms with E-state index < -0.39 is 0 Å². The zero-order valence-electron chi connectivity index (χ0n) is 10.9. The quantitative estimate of drug-likeness (QED) is 0.661. The van der Waals surface area contributed by atoms with E-state index in [9.17, 15) is 9.90 Å². The zero-order valence-corrected chi connectivity index (χ0v) is 10.9. The molecule has 2 unspecified atom stereocenters. The van der Waals surface area contributed by atoms with Gasteiger partial charge in [-0.25, -0.2) is 0 Å². The lowest BCUT2D eigenvalue weighted by Crippen LogP contribution is -2.52. The molecular formula is C13H21N3O2. The number of aliphatic hydroxyl groups is 1. The minimum absolute atomic E-state index is 0.131. The van der Waals surface area contributed by atoms with Crippen LogP contribution >= 0.6 is 0 Å². The predicted molar refractivity (Wildman–Crippen MR) is 67.9 cm³/mol. The molecule has 18 heavy (non-hydrogen) atoms. The summed E-state index contributed by atoms with van der Waals surface area (Å²) in [5.41, 5.74) is 2.19. The number of nitrogens with zero attached hydrogens (tertiary/aromatic N) is 2. The summed E-state index contributed by atoms with van der Waals surface area (Å²) < 4.78 is 0. The number of nitrogens with one attached hydrogen (secondary N) is 1. The molecule has 2 heterocycles. The van der Waals surface area contributed by atoms with Crippen LogP contribution < -0.4 is 5.32 Å². The van der Waals surface area contributed by atoms with Gasteiger partial charge in [0.2, 0.25) is 5.91 Å². The van der Waals surface area contributed by atoms with Crippen molar-refractivity contribution in [3.05, 3.63) is 11.3 Å². The van der Waals surface area contributed by atoms with E-state index in [-0.39, 0.29) is 18.1 Å². The second kappa shape index (κ2) is 4.55. The molecule has 0 radical (unpaired) electrons. The number of aliphatic hydroxyl groups excluding tert-OH is 1. The topological polar surface area (TPSA) is 55.8 Å². The molecule has 100 valence electrons. The van der Waals surface area contributed by atoms with Gasteiger partial charge in [-0.15, -0.1) is 0 Å². The van der Waals surface area contributed by atoms with Gasteiger partial charge in [0.1, 0.15) is 6.04 Å². The third kappa shape index (κ3) is 2.01. The lowest BCUT2D eigenvalue weighted by Gasteiger charge is -2.34. The van der Waals surface area contributed by atoms with E-state index in [1.165, 1.54) is 0 Å². The van der Waals surface area contributed by atoms with E-state index in [0.29, 0.717) is 6.42 Å². The maximum atomic E-state index is 12.4. The number of hydrogen-bond acceptors (Lipinski definition) is 4. The number of rotatable bonds is 1. The van der Waals surface area contributed by atoms with Crippen LogP contribution in [0, 0.1) is 0 Å². The third-order valence-corrected chi connectivity index (χ3v) is 4.34. The fourth-order valence-electron chi connectivity index (χ4n) is 3.12. The molecule has 0 aromatic carbocycles. The number of carbonyl (C=O) groups excluding carboxylic acids is 1. The number of piperazine rings is 1. The molecule has 0 aromatic rings. The van der Waals surface area contributed by atoms with Crippen molar-refractivity contribution >= 4 is 5.91 Å². The Morgan fingerprint density at radius 2 is 2.06 bits per heavy atom. The molecule has 1 fully saturated rings. The molecule has 2 aliphatic heterocycles. The van der Waals surface area contributed by atoms with Crippen LogP contribution in [0.1, 0.15) is 19.3 Å². The standard InChI is InChI=1S/C13H21N3O2/c1-15-4-6-16(7-5-15)13(18)11-8-9-10(14-11)2-3-12(9)17/h11-12,14,17H,2-8H2,1H3. The first kappa shape index (κ1) is 12.0. The summed E-state index contributed by atoms with van der Waals surface area (Å²) in [6.07, 6.45) is 2.08. The summed E-state index contributed by atoms with van der Waals surface area (Å²) >= 11 is 0. The number of likely N-dealkylation sites (N-methyl/N-ethyl adjacent to an activating group) is 1. The van der Waals surface area contributed by atoms with Crippen LogP contribution in [0.15, 0.2) is 11.3 Å². The highest BCUT2D eigenvalue weighted by Gasteiger charge is 2.37. The van der Waals surface area contributed by atoms with Gasteiger partial charge < -0.3 is 20.2 Å². The van der Waals surface area contributed by atoms with Crippen molar-refractivity contribution < 1.29 is 9.90 Å². The molecule has 2 N–H and O–H groups in total. The van der Waals surface area contributed by atoms with E-state index in [0.717, 1.165) is 50.3 Å². The Balaban J connectivity index is 1.59. The van der Waals surface area contributed by atoms with Crippen LogP contribution in [-0.4, -0.2) is 66.2 Å². The Bertz CT molecular complexity index is 386. The summed E-state index contributed by atoms with van der Waals surface area (Å²) in [6.45, 7) is 3.55. The summed E-state index contributed by atoms with van der Waals surface area (Å²) in [5.74, 6) is 0.199. The van der Waals surface area contributed by atoms with Crippen molar-refractivity contribution in [1.29, 1.82) is 0 Å². The largest absolute Gasteiger partial charge is 0.389 e. The fraction of sp³-hybridized carbons (Fsp3) is 0.769. The minimum Gasteiger partial charge on any atom is -0.389 e. The average molecular weight is 251 g/mol.